The van der Waals surface area contributed by atoms with Crippen molar-refractivity contribution in [3.63, 3.8) is 0 Å². The molecule has 7 nitrogen and oxygen atoms in total. The maximum absolute atomic E-state index is 12.8. The molecule has 8 heteroatoms. The van der Waals surface area contributed by atoms with Gasteiger partial charge in [-0.2, -0.15) is 11.3 Å². The Kier molecular flexibility index (Phi) is 5.46. The summed E-state index contributed by atoms with van der Waals surface area (Å²) < 4.78 is 15.6. The Hall–Kier alpha value is -2.87. The summed E-state index contributed by atoms with van der Waals surface area (Å²) in [5, 5.41) is 3.29. The topological polar surface area (TPSA) is 82.1 Å². The average Bonchev–Trinajstić information content (AvgIpc) is 3.24. The SMILES string of the molecule is CCOc1cc(C(CC(=O)OC)N2C(=O)c3cscc3C2=O)ccc1OC. The number of esters is 1. The van der Waals surface area contributed by atoms with Crippen molar-refractivity contribution >= 4 is 29.1 Å². The van der Waals surface area contributed by atoms with Gasteiger partial charge < -0.3 is 14.2 Å². The number of rotatable bonds is 7. The monoisotopic (exact) mass is 389 g/mol. The largest absolute Gasteiger partial charge is 0.493 e. The molecule has 0 N–H and O–H groups in total. The molecule has 1 atom stereocenters. The normalized spacial score (nSPS) is 14.1. The highest BCUT2D eigenvalue weighted by atomic mass is 32.1. The molecule has 0 fully saturated rings. The quantitative estimate of drug-likeness (QED) is 0.535. The van der Waals surface area contributed by atoms with Crippen LogP contribution in [0.1, 0.15) is 45.7 Å². The van der Waals surface area contributed by atoms with Crippen LogP contribution in [0.15, 0.2) is 29.0 Å². The molecule has 2 amide bonds. The summed E-state index contributed by atoms with van der Waals surface area (Å²) in [7, 11) is 2.79. The van der Waals surface area contributed by atoms with Crippen molar-refractivity contribution in [3.8, 4) is 11.5 Å². The molecule has 3 rings (SSSR count). The molecule has 1 aliphatic heterocycles. The first-order chi connectivity index (χ1) is 13.0. The summed E-state index contributed by atoms with van der Waals surface area (Å²) in [4.78, 5) is 38.7. The fraction of sp³-hybridized carbons (Fsp3) is 0.316. The Morgan fingerprint density at radius 1 is 1.11 bits per heavy atom. The first kappa shape index (κ1) is 18.9. The molecule has 0 spiro atoms. The van der Waals surface area contributed by atoms with Gasteiger partial charge in [0.15, 0.2) is 11.5 Å². The minimum absolute atomic E-state index is 0.153. The first-order valence-corrected chi connectivity index (χ1v) is 9.27. The van der Waals surface area contributed by atoms with Crippen molar-refractivity contribution in [2.75, 3.05) is 20.8 Å². The number of carbonyl (C=O) groups excluding carboxylic acids is 3. The molecule has 1 aliphatic rings. The molecule has 2 aromatic rings. The number of thiophene rings is 1. The number of methoxy groups -OCH3 is 2. The summed E-state index contributed by atoms with van der Waals surface area (Å²) in [6.07, 6.45) is -0.153. The van der Waals surface area contributed by atoms with Crippen molar-refractivity contribution in [2.24, 2.45) is 0 Å². The van der Waals surface area contributed by atoms with Gasteiger partial charge in [0.1, 0.15) is 0 Å². The van der Waals surface area contributed by atoms with Crippen LogP contribution in [0.4, 0.5) is 0 Å². The highest BCUT2D eigenvalue weighted by Crippen LogP contribution is 2.38. The molecule has 0 radical (unpaired) electrons. The molecule has 1 aromatic heterocycles. The van der Waals surface area contributed by atoms with Crippen LogP contribution in [0.5, 0.6) is 11.5 Å². The van der Waals surface area contributed by atoms with Crippen molar-refractivity contribution in [1.82, 2.24) is 4.90 Å². The van der Waals surface area contributed by atoms with Gasteiger partial charge in [-0.1, -0.05) is 6.07 Å². The van der Waals surface area contributed by atoms with E-state index in [1.54, 1.807) is 29.0 Å². The van der Waals surface area contributed by atoms with Crippen LogP contribution in [0.3, 0.4) is 0 Å². The molecule has 0 saturated carbocycles. The Bertz CT molecular complexity index is 860. The number of hydrogen-bond acceptors (Lipinski definition) is 7. The van der Waals surface area contributed by atoms with Crippen molar-refractivity contribution < 1.29 is 28.6 Å². The van der Waals surface area contributed by atoms with Gasteiger partial charge in [0.25, 0.3) is 11.8 Å². The lowest BCUT2D eigenvalue weighted by Gasteiger charge is -2.26. The fourth-order valence-corrected chi connectivity index (χ4v) is 3.83. The van der Waals surface area contributed by atoms with E-state index in [0.29, 0.717) is 34.8 Å². The van der Waals surface area contributed by atoms with Gasteiger partial charge in [-0.05, 0) is 24.6 Å². The van der Waals surface area contributed by atoms with Gasteiger partial charge in [0.2, 0.25) is 0 Å². The molecule has 0 aliphatic carbocycles. The highest BCUT2D eigenvalue weighted by Gasteiger charge is 2.42. The number of imide groups is 1. The summed E-state index contributed by atoms with van der Waals surface area (Å²) in [5.74, 6) is -0.363. The van der Waals surface area contributed by atoms with Crippen LogP contribution < -0.4 is 9.47 Å². The zero-order chi connectivity index (χ0) is 19.6. The zero-order valence-corrected chi connectivity index (χ0v) is 16.0. The second-order valence-corrected chi connectivity index (χ2v) is 6.56. The maximum atomic E-state index is 12.8. The molecular formula is C19H19NO6S. The highest BCUT2D eigenvalue weighted by molar-refractivity contribution is 7.08. The van der Waals surface area contributed by atoms with E-state index in [1.807, 2.05) is 6.92 Å². The van der Waals surface area contributed by atoms with E-state index in [4.69, 9.17) is 14.2 Å². The fourth-order valence-electron chi connectivity index (χ4n) is 3.03. The number of amides is 2. The van der Waals surface area contributed by atoms with Gasteiger partial charge in [-0.3, -0.25) is 19.3 Å². The van der Waals surface area contributed by atoms with Crippen LogP contribution in [0.2, 0.25) is 0 Å². The summed E-state index contributed by atoms with van der Waals surface area (Å²) in [6.45, 7) is 2.25. The third-order valence-corrected chi connectivity index (χ3v) is 5.08. The molecule has 1 unspecified atom stereocenters. The number of hydrogen-bond donors (Lipinski definition) is 0. The Balaban J connectivity index is 2.04. The molecule has 142 valence electrons. The van der Waals surface area contributed by atoms with E-state index in [-0.39, 0.29) is 6.42 Å². The Labute approximate surface area is 160 Å². The van der Waals surface area contributed by atoms with Crippen LogP contribution in [-0.2, 0) is 9.53 Å². The second-order valence-electron chi connectivity index (χ2n) is 5.82. The Morgan fingerprint density at radius 3 is 2.33 bits per heavy atom. The predicted molar refractivity (Wildman–Crippen MR) is 98.4 cm³/mol. The molecule has 0 saturated heterocycles. The van der Waals surface area contributed by atoms with Crippen molar-refractivity contribution in [3.05, 3.63) is 45.6 Å². The van der Waals surface area contributed by atoms with E-state index in [2.05, 4.69) is 0 Å². The first-order valence-electron chi connectivity index (χ1n) is 8.33. The Morgan fingerprint density at radius 2 is 1.78 bits per heavy atom. The van der Waals surface area contributed by atoms with Gasteiger partial charge >= 0.3 is 5.97 Å². The van der Waals surface area contributed by atoms with Gasteiger partial charge in [-0.25, -0.2) is 0 Å². The molecular weight excluding hydrogens is 370 g/mol. The molecule has 1 aromatic carbocycles. The number of nitrogens with zero attached hydrogens (tertiary/aromatic N) is 1. The predicted octanol–water partition coefficient (Wildman–Crippen LogP) is 3.06. The average molecular weight is 389 g/mol. The number of benzene rings is 1. The van der Waals surface area contributed by atoms with Crippen molar-refractivity contribution in [1.29, 1.82) is 0 Å². The molecule has 0 bridgehead atoms. The zero-order valence-electron chi connectivity index (χ0n) is 15.2. The van der Waals surface area contributed by atoms with Gasteiger partial charge in [0.05, 0.1) is 44.4 Å². The summed E-state index contributed by atoms with van der Waals surface area (Å²) >= 11 is 1.29. The third-order valence-electron chi connectivity index (χ3n) is 4.33. The number of fused-ring (bicyclic) bond motifs is 1. The minimum atomic E-state index is -0.806. The van der Waals surface area contributed by atoms with Gasteiger partial charge in [-0.15, -0.1) is 0 Å². The van der Waals surface area contributed by atoms with Gasteiger partial charge in [0, 0.05) is 10.8 Å². The van der Waals surface area contributed by atoms with E-state index in [0.717, 1.165) is 4.90 Å². The van der Waals surface area contributed by atoms with Crippen LogP contribution in [-0.4, -0.2) is 43.5 Å². The lowest BCUT2D eigenvalue weighted by atomic mass is 10.0. The summed E-state index contributed by atoms with van der Waals surface area (Å²) in [5.41, 5.74) is 1.30. The number of carbonyl (C=O) groups is 3. The second kappa shape index (κ2) is 7.79. The maximum Gasteiger partial charge on any atom is 0.307 e. The minimum Gasteiger partial charge on any atom is -0.493 e. The molecule has 2 heterocycles. The smallest absolute Gasteiger partial charge is 0.307 e. The number of ether oxygens (including phenoxy) is 3. The van der Waals surface area contributed by atoms with E-state index in [1.165, 1.54) is 25.6 Å². The summed E-state index contributed by atoms with van der Waals surface area (Å²) in [6, 6.07) is 4.27. The van der Waals surface area contributed by atoms with E-state index in [9.17, 15) is 14.4 Å². The third kappa shape index (κ3) is 3.40. The lowest BCUT2D eigenvalue weighted by molar-refractivity contribution is -0.141. The van der Waals surface area contributed by atoms with E-state index < -0.39 is 23.8 Å². The van der Waals surface area contributed by atoms with Crippen LogP contribution >= 0.6 is 11.3 Å². The van der Waals surface area contributed by atoms with Crippen molar-refractivity contribution in [2.45, 2.75) is 19.4 Å². The van der Waals surface area contributed by atoms with Crippen LogP contribution in [0, 0.1) is 0 Å². The van der Waals surface area contributed by atoms with Crippen LogP contribution in [0.25, 0.3) is 0 Å². The lowest BCUT2D eigenvalue weighted by Crippen LogP contribution is -2.35. The molecule has 27 heavy (non-hydrogen) atoms. The standard InChI is InChI=1S/C19H19NO6S/c1-4-26-16-7-11(5-6-15(16)24-2)14(8-17(21)25-3)20-18(22)12-9-27-10-13(12)19(20)23/h5-7,9-10,14H,4,8H2,1-3H3. The van der Waals surface area contributed by atoms with E-state index >= 15 is 0 Å².